The highest BCUT2D eigenvalue weighted by atomic mass is 19.4. The molecule has 0 amide bonds. The minimum absolute atomic E-state index is 0.0633. The van der Waals surface area contributed by atoms with Crippen molar-refractivity contribution in [2.24, 2.45) is 17.3 Å². The van der Waals surface area contributed by atoms with Crippen molar-refractivity contribution in [2.75, 3.05) is 13.1 Å². The lowest BCUT2D eigenvalue weighted by Gasteiger charge is -2.47. The van der Waals surface area contributed by atoms with E-state index in [4.69, 9.17) is 5.41 Å². The first kappa shape index (κ1) is 21.6. The molecule has 3 rings (SSSR count). The first-order valence-electron chi connectivity index (χ1n) is 9.64. The topological polar surface area (TPSA) is 99.7 Å². The van der Waals surface area contributed by atoms with Gasteiger partial charge in [0.25, 0.3) is 0 Å². The summed E-state index contributed by atoms with van der Waals surface area (Å²) in [5.74, 6) is -2.89. The number of rotatable bonds is 2. The highest BCUT2D eigenvalue weighted by Crippen LogP contribution is 2.52. The van der Waals surface area contributed by atoms with Crippen LogP contribution in [0.25, 0.3) is 0 Å². The van der Waals surface area contributed by atoms with E-state index in [0.29, 0.717) is 18.7 Å². The van der Waals surface area contributed by atoms with E-state index in [2.05, 4.69) is 0 Å². The zero-order valence-corrected chi connectivity index (χ0v) is 16.6. The first-order valence-corrected chi connectivity index (χ1v) is 9.64. The van der Waals surface area contributed by atoms with Gasteiger partial charge in [0.05, 0.1) is 54.5 Å². The zero-order valence-electron chi connectivity index (χ0n) is 16.6. The van der Waals surface area contributed by atoms with Gasteiger partial charge in [0.15, 0.2) is 0 Å². The maximum atomic E-state index is 13.8. The molecule has 0 saturated heterocycles. The van der Waals surface area contributed by atoms with Crippen molar-refractivity contribution in [2.45, 2.75) is 32.0 Å². The van der Waals surface area contributed by atoms with E-state index in [0.717, 1.165) is 11.0 Å². The summed E-state index contributed by atoms with van der Waals surface area (Å²) in [6.45, 7) is 4.87. The maximum Gasteiger partial charge on any atom is 0.416 e. The molecule has 1 heterocycles. The van der Waals surface area contributed by atoms with Crippen molar-refractivity contribution in [3.63, 3.8) is 0 Å². The number of benzene rings is 1. The van der Waals surface area contributed by atoms with E-state index >= 15 is 0 Å². The van der Waals surface area contributed by atoms with Gasteiger partial charge in [-0.3, -0.25) is 0 Å². The third-order valence-corrected chi connectivity index (χ3v) is 6.32. The predicted molar refractivity (Wildman–Crippen MR) is 102 cm³/mol. The predicted octanol–water partition coefficient (Wildman–Crippen LogP) is 2.85. The first-order chi connectivity index (χ1) is 14.1. The summed E-state index contributed by atoms with van der Waals surface area (Å²) in [4.78, 5) is 1.09. The van der Waals surface area contributed by atoms with Crippen LogP contribution in [0.2, 0.25) is 0 Å². The number of hydrogen-bond donors (Lipinski definition) is 2. The minimum atomic E-state index is -4.62. The largest absolute Gasteiger partial charge is 0.416 e. The second-order valence-electron chi connectivity index (χ2n) is 8.09. The fourth-order valence-electron chi connectivity index (χ4n) is 4.75. The Morgan fingerprint density at radius 2 is 1.80 bits per heavy atom. The number of nitrogens with one attached hydrogen (secondary N) is 2. The SMILES string of the molecule is CC(C)[NH+]1CC=C2[C@H](C1)[C@H](c1ccccc1C(F)(F)F)[C@H](C#N)C(=N)C2(C#N)C#N. The molecular formula is C22H21F3N5+. The Labute approximate surface area is 173 Å². The van der Waals surface area contributed by atoms with Crippen molar-refractivity contribution in [3.05, 3.63) is 47.0 Å². The van der Waals surface area contributed by atoms with Gasteiger partial charge in [-0.05, 0) is 37.1 Å². The summed E-state index contributed by atoms with van der Waals surface area (Å²) in [5.41, 5.74) is -2.91. The van der Waals surface area contributed by atoms with Gasteiger partial charge in [0.1, 0.15) is 0 Å². The summed E-state index contributed by atoms with van der Waals surface area (Å²) >= 11 is 0. The molecule has 1 aliphatic carbocycles. The van der Waals surface area contributed by atoms with Crippen LogP contribution in [0.1, 0.15) is 30.9 Å². The van der Waals surface area contributed by atoms with E-state index in [1.54, 1.807) is 6.08 Å². The summed E-state index contributed by atoms with van der Waals surface area (Å²) in [5, 5.41) is 38.0. The van der Waals surface area contributed by atoms with Crippen molar-refractivity contribution < 1.29 is 18.1 Å². The smallest absolute Gasteiger partial charge is 0.329 e. The molecule has 1 fully saturated rings. The Balaban J connectivity index is 2.29. The third-order valence-electron chi connectivity index (χ3n) is 6.32. The number of alkyl halides is 3. The van der Waals surface area contributed by atoms with Gasteiger partial charge >= 0.3 is 6.18 Å². The summed E-state index contributed by atoms with van der Waals surface area (Å²) in [7, 11) is 0. The third kappa shape index (κ3) is 3.16. The monoisotopic (exact) mass is 412 g/mol. The average Bonchev–Trinajstić information content (AvgIpc) is 2.72. The molecule has 1 saturated carbocycles. The molecule has 1 aliphatic heterocycles. The molecule has 2 N–H and O–H groups in total. The lowest BCUT2D eigenvalue weighted by atomic mass is 9.55. The van der Waals surface area contributed by atoms with Crippen LogP contribution in [-0.4, -0.2) is 24.8 Å². The normalized spacial score (nSPS) is 28.0. The second kappa shape index (κ2) is 7.59. The number of nitriles is 3. The Morgan fingerprint density at radius 3 is 2.33 bits per heavy atom. The number of hydrogen-bond acceptors (Lipinski definition) is 4. The van der Waals surface area contributed by atoms with E-state index in [1.165, 1.54) is 18.2 Å². The molecule has 0 radical (unpaired) electrons. The molecule has 0 aromatic heterocycles. The van der Waals surface area contributed by atoms with Crippen molar-refractivity contribution in [3.8, 4) is 18.2 Å². The van der Waals surface area contributed by atoms with Gasteiger partial charge < -0.3 is 10.3 Å². The van der Waals surface area contributed by atoms with Crippen molar-refractivity contribution in [1.29, 1.82) is 21.2 Å². The zero-order chi connectivity index (χ0) is 22.3. The highest BCUT2D eigenvalue weighted by molar-refractivity contribution is 6.01. The van der Waals surface area contributed by atoms with E-state index in [-0.39, 0.29) is 11.6 Å². The van der Waals surface area contributed by atoms with Crippen LogP contribution >= 0.6 is 0 Å². The molecule has 154 valence electrons. The molecule has 1 aromatic carbocycles. The Morgan fingerprint density at radius 1 is 1.17 bits per heavy atom. The summed E-state index contributed by atoms with van der Waals surface area (Å²) in [6.07, 6.45) is -2.90. The van der Waals surface area contributed by atoms with Gasteiger partial charge in [-0.1, -0.05) is 18.2 Å². The lowest BCUT2D eigenvalue weighted by molar-refractivity contribution is -0.920. The maximum absolute atomic E-state index is 13.8. The lowest BCUT2D eigenvalue weighted by Crippen LogP contribution is -3.16. The van der Waals surface area contributed by atoms with Gasteiger partial charge in [-0.15, -0.1) is 0 Å². The fraction of sp³-hybridized carbons (Fsp3) is 0.455. The highest BCUT2D eigenvalue weighted by Gasteiger charge is 2.58. The van der Waals surface area contributed by atoms with Crippen LogP contribution in [0.5, 0.6) is 0 Å². The van der Waals surface area contributed by atoms with E-state index < -0.39 is 40.6 Å². The van der Waals surface area contributed by atoms with Gasteiger partial charge in [0, 0.05) is 11.8 Å². The molecule has 30 heavy (non-hydrogen) atoms. The van der Waals surface area contributed by atoms with Crippen LogP contribution in [0.3, 0.4) is 0 Å². The molecule has 1 aromatic rings. The van der Waals surface area contributed by atoms with Crippen LogP contribution in [0.4, 0.5) is 13.2 Å². The van der Waals surface area contributed by atoms with Crippen LogP contribution in [0, 0.1) is 56.7 Å². The summed E-state index contributed by atoms with van der Waals surface area (Å²) < 4.78 is 41.4. The Kier molecular flexibility index (Phi) is 5.46. The number of nitrogens with zero attached hydrogens (tertiary/aromatic N) is 3. The van der Waals surface area contributed by atoms with E-state index in [1.807, 2.05) is 32.1 Å². The molecule has 8 heteroatoms. The Hall–Kier alpha value is -3.15. The Bertz CT molecular complexity index is 1000. The molecule has 2 aliphatic rings. The number of quaternary nitrogens is 1. The van der Waals surface area contributed by atoms with Crippen LogP contribution in [0.15, 0.2) is 35.9 Å². The quantitative estimate of drug-likeness (QED) is 0.731. The van der Waals surface area contributed by atoms with E-state index in [9.17, 15) is 29.0 Å². The molecule has 5 nitrogen and oxygen atoms in total. The van der Waals surface area contributed by atoms with Crippen LogP contribution < -0.4 is 4.90 Å². The van der Waals surface area contributed by atoms with Crippen molar-refractivity contribution in [1.82, 2.24) is 0 Å². The number of fused-ring (bicyclic) bond motifs is 1. The van der Waals surface area contributed by atoms with Gasteiger partial charge in [0.2, 0.25) is 5.41 Å². The minimum Gasteiger partial charge on any atom is -0.329 e. The molecule has 1 unspecified atom stereocenters. The summed E-state index contributed by atoms with van der Waals surface area (Å²) in [6, 6.07) is 11.0. The van der Waals surface area contributed by atoms with Gasteiger partial charge in [-0.25, -0.2) is 0 Å². The molecular weight excluding hydrogens is 391 g/mol. The molecule has 4 atom stereocenters. The number of halogens is 3. The standard InChI is InChI=1S/C22H20F3N5/c1-13(2)30-8-7-17-16(10-30)19(14-5-3-4-6-18(14)22(23,24)25)15(9-26)20(29)21(17,11-27)12-28/h3-7,13,15-16,19,29H,8,10H2,1-2H3/p+1/t15-,16-,19+/m0/s1. The molecule has 0 spiro atoms. The van der Waals surface area contributed by atoms with Gasteiger partial charge in [-0.2, -0.15) is 29.0 Å². The second-order valence-corrected chi connectivity index (χ2v) is 8.09. The fourth-order valence-corrected chi connectivity index (χ4v) is 4.75. The molecule has 0 bridgehead atoms. The van der Waals surface area contributed by atoms with Crippen LogP contribution in [-0.2, 0) is 6.18 Å². The van der Waals surface area contributed by atoms with Crippen molar-refractivity contribution >= 4 is 5.71 Å². The average molecular weight is 412 g/mol.